The molecule has 6 heteroatoms. The number of nitrogens with one attached hydrogen (secondary N) is 1. The SMILES string of the molecule is CCCCCCNC(=O)CSc1ccc(-c2ccc(F)cc2)nn1. The number of carbonyl (C=O) groups excluding carboxylic acids is 1. The number of hydrogen-bond donors (Lipinski definition) is 1. The molecule has 1 aromatic heterocycles. The molecule has 0 saturated carbocycles. The minimum atomic E-state index is -0.278. The Bertz CT molecular complexity index is 632. The normalized spacial score (nSPS) is 10.6. The molecule has 0 aliphatic rings. The number of halogens is 1. The van der Waals surface area contributed by atoms with E-state index in [0.717, 1.165) is 24.9 Å². The van der Waals surface area contributed by atoms with Crippen LogP contribution in [0.2, 0.25) is 0 Å². The number of nitrogens with zero attached hydrogens (tertiary/aromatic N) is 2. The molecule has 24 heavy (non-hydrogen) atoms. The minimum Gasteiger partial charge on any atom is -0.355 e. The topological polar surface area (TPSA) is 54.9 Å². The zero-order valence-electron chi connectivity index (χ0n) is 13.8. The molecule has 2 rings (SSSR count). The van der Waals surface area contributed by atoms with E-state index in [2.05, 4.69) is 22.4 Å². The van der Waals surface area contributed by atoms with Crippen LogP contribution in [0.4, 0.5) is 4.39 Å². The van der Waals surface area contributed by atoms with Crippen molar-refractivity contribution in [1.82, 2.24) is 15.5 Å². The number of thioether (sulfide) groups is 1. The average molecular weight is 347 g/mol. The molecule has 0 spiro atoms. The summed E-state index contributed by atoms with van der Waals surface area (Å²) in [5.74, 6) is 0.0683. The maximum absolute atomic E-state index is 12.9. The molecule has 128 valence electrons. The van der Waals surface area contributed by atoms with E-state index >= 15 is 0 Å². The number of unbranched alkanes of at least 4 members (excludes halogenated alkanes) is 3. The van der Waals surface area contributed by atoms with Crippen LogP contribution >= 0.6 is 11.8 Å². The number of benzene rings is 1. The summed E-state index contributed by atoms with van der Waals surface area (Å²) in [5, 5.41) is 11.8. The first-order chi connectivity index (χ1) is 11.7. The molecule has 0 unspecified atom stereocenters. The monoisotopic (exact) mass is 347 g/mol. The van der Waals surface area contributed by atoms with Gasteiger partial charge >= 0.3 is 0 Å². The maximum Gasteiger partial charge on any atom is 0.230 e. The highest BCUT2D eigenvalue weighted by molar-refractivity contribution is 7.99. The van der Waals surface area contributed by atoms with Gasteiger partial charge in [-0.15, -0.1) is 10.2 Å². The van der Waals surface area contributed by atoms with E-state index in [1.807, 2.05) is 12.1 Å². The molecule has 1 amide bonds. The molecule has 0 bridgehead atoms. The van der Waals surface area contributed by atoms with Crippen LogP contribution in [0, 0.1) is 5.82 Å². The van der Waals surface area contributed by atoms with Crippen LogP contribution in [0.15, 0.2) is 41.4 Å². The van der Waals surface area contributed by atoms with E-state index in [1.165, 1.54) is 36.7 Å². The molecule has 0 fully saturated rings. The highest BCUT2D eigenvalue weighted by Crippen LogP contribution is 2.19. The number of aromatic nitrogens is 2. The molecule has 0 aliphatic heterocycles. The lowest BCUT2D eigenvalue weighted by Gasteiger charge is -2.05. The van der Waals surface area contributed by atoms with E-state index < -0.39 is 0 Å². The lowest BCUT2D eigenvalue weighted by atomic mass is 10.1. The quantitative estimate of drug-likeness (QED) is 0.549. The second kappa shape index (κ2) is 10.0. The first-order valence-electron chi connectivity index (χ1n) is 8.18. The van der Waals surface area contributed by atoms with E-state index in [-0.39, 0.29) is 11.7 Å². The Morgan fingerprint density at radius 2 is 1.88 bits per heavy atom. The standard InChI is InChI=1S/C18H22FN3OS/c1-2-3-4-5-12-20-17(23)13-24-18-11-10-16(21-22-18)14-6-8-15(19)9-7-14/h6-11H,2-5,12-13H2,1H3,(H,20,23). The first-order valence-corrected chi connectivity index (χ1v) is 9.16. The van der Waals surface area contributed by atoms with Crippen molar-refractivity contribution >= 4 is 17.7 Å². The van der Waals surface area contributed by atoms with Gasteiger partial charge in [-0.25, -0.2) is 4.39 Å². The van der Waals surface area contributed by atoms with Crippen LogP contribution in [0.25, 0.3) is 11.3 Å². The van der Waals surface area contributed by atoms with E-state index in [0.29, 0.717) is 16.5 Å². The Balaban J connectivity index is 1.75. The van der Waals surface area contributed by atoms with E-state index in [4.69, 9.17) is 0 Å². The second-order valence-corrected chi connectivity index (χ2v) is 6.46. The third-order valence-electron chi connectivity index (χ3n) is 3.48. The number of hydrogen-bond acceptors (Lipinski definition) is 4. The van der Waals surface area contributed by atoms with Crippen molar-refractivity contribution in [2.75, 3.05) is 12.3 Å². The zero-order chi connectivity index (χ0) is 17.2. The fourth-order valence-corrected chi connectivity index (χ4v) is 2.79. The van der Waals surface area contributed by atoms with Gasteiger partial charge in [0.2, 0.25) is 5.91 Å². The van der Waals surface area contributed by atoms with Crippen LogP contribution in [0.1, 0.15) is 32.6 Å². The zero-order valence-corrected chi connectivity index (χ0v) is 14.6. The molecule has 1 heterocycles. The smallest absolute Gasteiger partial charge is 0.230 e. The highest BCUT2D eigenvalue weighted by atomic mass is 32.2. The Kier molecular flexibility index (Phi) is 7.68. The predicted octanol–water partition coefficient (Wildman–Crippen LogP) is 4.07. The van der Waals surface area contributed by atoms with Crippen molar-refractivity contribution < 1.29 is 9.18 Å². The van der Waals surface area contributed by atoms with Crippen molar-refractivity contribution in [3.63, 3.8) is 0 Å². The van der Waals surface area contributed by atoms with Gasteiger partial charge in [-0.3, -0.25) is 4.79 Å². The lowest BCUT2D eigenvalue weighted by Crippen LogP contribution is -2.26. The van der Waals surface area contributed by atoms with Crippen LogP contribution in [0.5, 0.6) is 0 Å². The highest BCUT2D eigenvalue weighted by Gasteiger charge is 2.05. The van der Waals surface area contributed by atoms with Crippen molar-refractivity contribution in [3.8, 4) is 11.3 Å². The number of rotatable bonds is 9. The van der Waals surface area contributed by atoms with Gasteiger partial charge in [0, 0.05) is 12.1 Å². The molecule has 0 atom stereocenters. The van der Waals surface area contributed by atoms with Gasteiger partial charge in [0.05, 0.1) is 11.4 Å². The van der Waals surface area contributed by atoms with Gasteiger partial charge in [-0.1, -0.05) is 37.9 Å². The van der Waals surface area contributed by atoms with Gasteiger partial charge < -0.3 is 5.32 Å². The second-order valence-electron chi connectivity index (χ2n) is 5.46. The van der Waals surface area contributed by atoms with Crippen LogP contribution < -0.4 is 5.32 Å². The lowest BCUT2D eigenvalue weighted by molar-refractivity contribution is -0.118. The number of amides is 1. The Labute approximate surface area is 146 Å². The maximum atomic E-state index is 12.9. The van der Waals surface area contributed by atoms with Gasteiger partial charge in [0.25, 0.3) is 0 Å². The van der Waals surface area contributed by atoms with Crippen LogP contribution in [0.3, 0.4) is 0 Å². The molecular formula is C18H22FN3OS. The fourth-order valence-electron chi connectivity index (χ4n) is 2.14. The summed E-state index contributed by atoms with van der Waals surface area (Å²) in [6.45, 7) is 2.90. The molecule has 1 aromatic carbocycles. The summed E-state index contributed by atoms with van der Waals surface area (Å²) in [5.41, 5.74) is 1.49. The van der Waals surface area contributed by atoms with Crippen LogP contribution in [-0.2, 0) is 4.79 Å². The summed E-state index contributed by atoms with van der Waals surface area (Å²) in [6, 6.07) is 9.77. The molecule has 0 saturated heterocycles. The molecular weight excluding hydrogens is 325 g/mol. The van der Waals surface area contributed by atoms with Gasteiger partial charge in [0.1, 0.15) is 10.8 Å². The summed E-state index contributed by atoms with van der Waals surface area (Å²) in [4.78, 5) is 11.8. The van der Waals surface area contributed by atoms with Crippen LogP contribution in [-0.4, -0.2) is 28.4 Å². The molecule has 1 N–H and O–H groups in total. The Morgan fingerprint density at radius 1 is 1.08 bits per heavy atom. The summed E-state index contributed by atoms with van der Waals surface area (Å²) in [6.07, 6.45) is 4.58. The van der Waals surface area contributed by atoms with Crippen molar-refractivity contribution in [3.05, 3.63) is 42.2 Å². The Hall–Kier alpha value is -1.95. The molecule has 0 radical (unpaired) electrons. The minimum absolute atomic E-state index is 0.0147. The third-order valence-corrected chi connectivity index (χ3v) is 4.40. The van der Waals surface area contributed by atoms with Gasteiger partial charge in [0.15, 0.2) is 0 Å². The van der Waals surface area contributed by atoms with Crippen molar-refractivity contribution in [2.45, 2.75) is 37.6 Å². The van der Waals surface area contributed by atoms with E-state index in [1.54, 1.807) is 12.1 Å². The first kappa shape index (κ1) is 18.4. The van der Waals surface area contributed by atoms with Gasteiger partial charge in [-0.2, -0.15) is 0 Å². The fraction of sp³-hybridized carbons (Fsp3) is 0.389. The summed E-state index contributed by atoms with van der Waals surface area (Å²) in [7, 11) is 0. The molecule has 0 aliphatic carbocycles. The summed E-state index contributed by atoms with van der Waals surface area (Å²) < 4.78 is 12.9. The van der Waals surface area contributed by atoms with E-state index in [9.17, 15) is 9.18 Å². The number of carbonyl (C=O) groups is 1. The summed E-state index contributed by atoms with van der Waals surface area (Å²) >= 11 is 1.36. The van der Waals surface area contributed by atoms with Crippen molar-refractivity contribution in [1.29, 1.82) is 0 Å². The largest absolute Gasteiger partial charge is 0.355 e. The Morgan fingerprint density at radius 3 is 2.54 bits per heavy atom. The molecule has 2 aromatic rings. The third kappa shape index (κ3) is 6.28. The van der Waals surface area contributed by atoms with Gasteiger partial charge in [-0.05, 0) is 42.8 Å². The molecule has 4 nitrogen and oxygen atoms in total. The van der Waals surface area contributed by atoms with Crippen molar-refractivity contribution in [2.24, 2.45) is 0 Å². The average Bonchev–Trinajstić information content (AvgIpc) is 2.61. The predicted molar refractivity (Wildman–Crippen MR) is 95.3 cm³/mol.